The Morgan fingerprint density at radius 2 is 2.17 bits per heavy atom. The number of hydrogen-bond donors (Lipinski definition) is 1. The molecule has 3 rings (SSSR count). The Morgan fingerprint density at radius 3 is 2.89 bits per heavy atom. The van der Waals surface area contributed by atoms with E-state index in [9.17, 15) is 0 Å². The minimum absolute atomic E-state index is 0.873. The smallest absolute Gasteiger partial charge is 0.136 e. The van der Waals surface area contributed by atoms with E-state index < -0.39 is 0 Å². The molecule has 1 fully saturated rings. The van der Waals surface area contributed by atoms with Crippen molar-refractivity contribution in [1.29, 1.82) is 0 Å². The van der Waals surface area contributed by atoms with Gasteiger partial charge in [0.2, 0.25) is 0 Å². The van der Waals surface area contributed by atoms with E-state index in [2.05, 4.69) is 27.2 Å². The molecule has 0 unspecified atom stereocenters. The van der Waals surface area contributed by atoms with Crippen LogP contribution in [0.25, 0.3) is 0 Å². The first-order valence-corrected chi connectivity index (χ1v) is 7.02. The van der Waals surface area contributed by atoms with Crippen molar-refractivity contribution < 1.29 is 0 Å². The van der Waals surface area contributed by atoms with Crippen molar-refractivity contribution in [1.82, 2.24) is 15.3 Å². The van der Waals surface area contributed by atoms with Crippen molar-refractivity contribution in [3.63, 3.8) is 0 Å². The molecule has 0 amide bonds. The highest BCUT2D eigenvalue weighted by Gasteiger charge is 2.23. The molecule has 1 aliphatic carbocycles. The fourth-order valence-corrected chi connectivity index (χ4v) is 2.91. The quantitative estimate of drug-likeness (QED) is 0.881. The highest BCUT2D eigenvalue weighted by atomic mass is 15.2. The van der Waals surface area contributed by atoms with Crippen LogP contribution >= 0.6 is 0 Å². The van der Waals surface area contributed by atoms with Crippen LogP contribution < -0.4 is 10.2 Å². The molecule has 1 N–H and O–H groups in total. The van der Waals surface area contributed by atoms with Gasteiger partial charge in [0, 0.05) is 38.7 Å². The van der Waals surface area contributed by atoms with Gasteiger partial charge in [0.05, 0.1) is 5.69 Å². The lowest BCUT2D eigenvalue weighted by atomic mass is 9.85. The van der Waals surface area contributed by atoms with E-state index >= 15 is 0 Å². The van der Waals surface area contributed by atoms with Crippen LogP contribution in [0.2, 0.25) is 0 Å². The Kier molecular flexibility index (Phi) is 3.20. The summed E-state index contributed by atoms with van der Waals surface area (Å²) < 4.78 is 0. The Bertz CT molecular complexity index is 440. The molecule has 1 saturated carbocycles. The molecule has 2 heterocycles. The molecular weight excluding hydrogens is 224 g/mol. The molecule has 0 spiro atoms. The lowest BCUT2D eigenvalue weighted by Crippen LogP contribution is -2.33. The highest BCUT2D eigenvalue weighted by molar-refractivity contribution is 5.49. The number of nitrogens with zero attached hydrogens (tertiary/aromatic N) is 3. The topological polar surface area (TPSA) is 41.1 Å². The summed E-state index contributed by atoms with van der Waals surface area (Å²) in [5.41, 5.74) is 2.56. The van der Waals surface area contributed by atoms with Crippen molar-refractivity contribution in [2.24, 2.45) is 5.92 Å². The summed E-state index contributed by atoms with van der Waals surface area (Å²) in [5, 5.41) is 3.43. The van der Waals surface area contributed by atoms with Gasteiger partial charge in [-0.05, 0) is 25.7 Å². The fourth-order valence-electron chi connectivity index (χ4n) is 2.91. The van der Waals surface area contributed by atoms with Crippen LogP contribution in [-0.4, -0.2) is 30.1 Å². The molecular formula is C14H22N4. The van der Waals surface area contributed by atoms with Crippen LogP contribution in [0, 0.1) is 12.8 Å². The molecule has 18 heavy (non-hydrogen) atoms. The monoisotopic (exact) mass is 246 g/mol. The third kappa shape index (κ3) is 2.21. The number of hydrogen-bond acceptors (Lipinski definition) is 4. The minimum Gasteiger partial charge on any atom is -0.359 e. The number of nitrogens with one attached hydrogen (secondary N) is 1. The Labute approximate surface area is 109 Å². The van der Waals surface area contributed by atoms with Gasteiger partial charge in [-0.2, -0.15) is 0 Å². The molecule has 0 bridgehead atoms. The zero-order chi connectivity index (χ0) is 12.5. The molecule has 0 atom stereocenters. The number of fused-ring (bicyclic) bond motifs is 1. The first kappa shape index (κ1) is 11.9. The predicted octanol–water partition coefficient (Wildman–Crippen LogP) is 1.67. The molecule has 1 aliphatic heterocycles. The Hall–Kier alpha value is -1.16. The highest BCUT2D eigenvalue weighted by Crippen LogP contribution is 2.29. The Balaban J connectivity index is 1.86. The molecule has 4 nitrogen and oxygen atoms in total. The Morgan fingerprint density at radius 1 is 1.33 bits per heavy atom. The zero-order valence-electron chi connectivity index (χ0n) is 11.4. The number of rotatable bonds is 3. The van der Waals surface area contributed by atoms with Gasteiger partial charge in [0.15, 0.2) is 0 Å². The van der Waals surface area contributed by atoms with Gasteiger partial charge in [-0.3, -0.25) is 0 Å². The second kappa shape index (κ2) is 4.84. The third-order valence-corrected chi connectivity index (χ3v) is 4.14. The van der Waals surface area contributed by atoms with Crippen molar-refractivity contribution in [2.75, 3.05) is 25.0 Å². The number of aryl methyl sites for hydroxylation is 1. The van der Waals surface area contributed by atoms with Crippen molar-refractivity contribution in [3.05, 3.63) is 17.1 Å². The lowest BCUT2D eigenvalue weighted by molar-refractivity contribution is 0.320. The van der Waals surface area contributed by atoms with Crippen molar-refractivity contribution >= 4 is 5.82 Å². The maximum absolute atomic E-state index is 4.67. The van der Waals surface area contributed by atoms with Crippen molar-refractivity contribution in [3.8, 4) is 0 Å². The standard InChI is InChI=1S/C14H22N4/c1-10-16-13-6-7-15-8-12(13)14(17-10)18(2)9-11-4-3-5-11/h11,15H,3-9H2,1-2H3. The largest absolute Gasteiger partial charge is 0.359 e. The van der Waals surface area contributed by atoms with Gasteiger partial charge in [-0.25, -0.2) is 9.97 Å². The summed E-state index contributed by atoms with van der Waals surface area (Å²) in [7, 11) is 2.18. The van der Waals surface area contributed by atoms with Gasteiger partial charge in [0.25, 0.3) is 0 Å². The number of aromatic nitrogens is 2. The predicted molar refractivity (Wildman–Crippen MR) is 72.8 cm³/mol. The van der Waals surface area contributed by atoms with Gasteiger partial charge >= 0.3 is 0 Å². The average molecular weight is 246 g/mol. The third-order valence-electron chi connectivity index (χ3n) is 4.14. The lowest BCUT2D eigenvalue weighted by Gasteiger charge is -2.32. The minimum atomic E-state index is 0.873. The van der Waals surface area contributed by atoms with Crippen LogP contribution in [0.3, 0.4) is 0 Å². The molecule has 98 valence electrons. The van der Waals surface area contributed by atoms with Crippen LogP contribution in [0.4, 0.5) is 5.82 Å². The van der Waals surface area contributed by atoms with E-state index in [4.69, 9.17) is 0 Å². The summed E-state index contributed by atoms with van der Waals surface area (Å²) in [5.74, 6) is 2.93. The maximum atomic E-state index is 4.67. The summed E-state index contributed by atoms with van der Waals surface area (Å²) >= 11 is 0. The fraction of sp³-hybridized carbons (Fsp3) is 0.714. The van der Waals surface area contributed by atoms with Gasteiger partial charge in [0.1, 0.15) is 11.6 Å². The summed E-state index contributed by atoms with van der Waals surface area (Å²) in [4.78, 5) is 11.6. The number of anilines is 1. The average Bonchev–Trinajstić information content (AvgIpc) is 2.32. The molecule has 4 heteroatoms. The van der Waals surface area contributed by atoms with E-state index in [1.165, 1.54) is 30.5 Å². The van der Waals surface area contributed by atoms with E-state index in [0.717, 1.165) is 43.6 Å². The van der Waals surface area contributed by atoms with Crippen LogP contribution in [-0.2, 0) is 13.0 Å². The second-order valence-corrected chi connectivity index (χ2v) is 5.62. The van der Waals surface area contributed by atoms with Crippen LogP contribution in [0.15, 0.2) is 0 Å². The first-order valence-electron chi connectivity index (χ1n) is 7.02. The summed E-state index contributed by atoms with van der Waals surface area (Å²) in [6.07, 6.45) is 5.20. The van der Waals surface area contributed by atoms with Gasteiger partial charge < -0.3 is 10.2 Å². The van der Waals surface area contributed by atoms with Crippen LogP contribution in [0.5, 0.6) is 0 Å². The van der Waals surface area contributed by atoms with E-state index in [1.807, 2.05) is 6.92 Å². The molecule has 0 saturated heterocycles. The summed E-state index contributed by atoms with van der Waals surface area (Å²) in [6, 6.07) is 0. The van der Waals surface area contributed by atoms with Crippen molar-refractivity contribution in [2.45, 2.75) is 39.2 Å². The van der Waals surface area contributed by atoms with E-state index in [0.29, 0.717) is 0 Å². The maximum Gasteiger partial charge on any atom is 0.136 e. The van der Waals surface area contributed by atoms with Gasteiger partial charge in [-0.15, -0.1) is 0 Å². The second-order valence-electron chi connectivity index (χ2n) is 5.62. The first-order chi connectivity index (χ1) is 8.74. The van der Waals surface area contributed by atoms with E-state index in [-0.39, 0.29) is 0 Å². The molecule has 2 aliphatic rings. The van der Waals surface area contributed by atoms with Crippen LogP contribution in [0.1, 0.15) is 36.3 Å². The SMILES string of the molecule is Cc1nc2c(c(N(C)CC3CCC3)n1)CNCC2. The molecule has 1 aromatic heterocycles. The zero-order valence-corrected chi connectivity index (χ0v) is 11.4. The molecule has 0 radical (unpaired) electrons. The molecule has 1 aromatic rings. The molecule has 0 aromatic carbocycles. The normalized spacial score (nSPS) is 19.2. The van der Waals surface area contributed by atoms with Gasteiger partial charge in [-0.1, -0.05) is 6.42 Å². The summed E-state index contributed by atoms with van der Waals surface area (Å²) in [6.45, 7) is 5.10. The van der Waals surface area contributed by atoms with E-state index in [1.54, 1.807) is 0 Å².